The van der Waals surface area contributed by atoms with Crippen LogP contribution in [0.25, 0.3) is 0 Å². The molecule has 2 amide bonds. The van der Waals surface area contributed by atoms with Crippen LogP contribution in [0.4, 0.5) is 15.8 Å². The number of carbonyl (C=O) groups is 2. The summed E-state index contributed by atoms with van der Waals surface area (Å²) in [6.07, 6.45) is 1.99. The lowest BCUT2D eigenvalue weighted by Gasteiger charge is -2.24. The molecule has 1 aromatic heterocycles. The minimum Gasteiger partial charge on any atom is -0.345 e. The van der Waals surface area contributed by atoms with Gasteiger partial charge in [0.2, 0.25) is 0 Å². The van der Waals surface area contributed by atoms with Crippen LogP contribution in [0.5, 0.6) is 0 Å². The van der Waals surface area contributed by atoms with Crippen molar-refractivity contribution < 1.29 is 14.0 Å². The fraction of sp³-hybridized carbons (Fsp3) is 0.111. The van der Waals surface area contributed by atoms with Gasteiger partial charge in [0, 0.05) is 29.7 Å². The molecule has 1 N–H and O–H groups in total. The summed E-state index contributed by atoms with van der Waals surface area (Å²) in [6.45, 7) is 2.55. The van der Waals surface area contributed by atoms with Gasteiger partial charge in [0.05, 0.1) is 27.8 Å². The number of nitrogens with zero attached hydrogens (tertiary/aromatic N) is 2. The van der Waals surface area contributed by atoms with Crippen molar-refractivity contribution in [3.05, 3.63) is 117 Å². The molecule has 0 aliphatic carbocycles. The molecular weight excluding hydrogens is 488 g/mol. The number of hydrogen-bond acceptors (Lipinski definition) is 2. The Morgan fingerprint density at radius 1 is 0.886 bits per heavy atom. The molecule has 2 heterocycles. The number of rotatable bonds is 3. The summed E-state index contributed by atoms with van der Waals surface area (Å²) in [6, 6.07) is 19.0. The number of anilines is 2. The Morgan fingerprint density at radius 2 is 1.69 bits per heavy atom. The number of aromatic nitrogens is 1. The monoisotopic (exact) mass is 507 g/mol. The number of halogens is 3. The lowest BCUT2D eigenvalue weighted by molar-refractivity contribution is 0.0984. The van der Waals surface area contributed by atoms with Crippen molar-refractivity contribution in [1.82, 2.24) is 4.57 Å². The zero-order valence-corrected chi connectivity index (χ0v) is 20.2. The van der Waals surface area contributed by atoms with Gasteiger partial charge in [-0.15, -0.1) is 0 Å². The van der Waals surface area contributed by atoms with E-state index in [1.165, 1.54) is 37.3 Å². The molecule has 0 spiro atoms. The van der Waals surface area contributed by atoms with E-state index in [2.05, 4.69) is 9.88 Å². The van der Waals surface area contributed by atoms with E-state index in [0.29, 0.717) is 13.1 Å². The van der Waals surface area contributed by atoms with Gasteiger partial charge in [-0.05, 0) is 60.5 Å². The lowest BCUT2D eigenvalue weighted by Crippen LogP contribution is -2.31. The van der Waals surface area contributed by atoms with Crippen molar-refractivity contribution >= 4 is 46.4 Å². The molecule has 0 saturated heterocycles. The number of para-hydroxylation sites is 1. The van der Waals surface area contributed by atoms with E-state index in [9.17, 15) is 14.0 Å². The van der Waals surface area contributed by atoms with Crippen LogP contribution in [0, 0.1) is 12.7 Å². The third kappa shape index (κ3) is 4.20. The highest BCUT2D eigenvalue weighted by atomic mass is 35.5. The maximum absolute atomic E-state index is 13.9. The SMILES string of the molecule is Cc1c(F)cccc1C(=O)Nc1ccc(C(=O)N2Cc3cccn3Cc3ccccc32)c(Cl)c1Cl. The van der Waals surface area contributed by atoms with Crippen LogP contribution in [0.15, 0.2) is 72.9 Å². The molecule has 0 fully saturated rings. The van der Waals surface area contributed by atoms with Crippen molar-refractivity contribution in [2.45, 2.75) is 20.0 Å². The number of carbonyl (C=O) groups excluding carboxylic acids is 2. The molecule has 0 bridgehead atoms. The smallest absolute Gasteiger partial charge is 0.260 e. The topological polar surface area (TPSA) is 54.3 Å². The second-order valence-corrected chi connectivity index (χ2v) is 9.06. The van der Waals surface area contributed by atoms with Gasteiger partial charge in [0.1, 0.15) is 5.82 Å². The summed E-state index contributed by atoms with van der Waals surface area (Å²) in [5.41, 5.74) is 3.65. The van der Waals surface area contributed by atoms with Crippen molar-refractivity contribution in [1.29, 1.82) is 0 Å². The first kappa shape index (κ1) is 23.1. The Labute approximate surface area is 211 Å². The van der Waals surface area contributed by atoms with Gasteiger partial charge in [-0.25, -0.2) is 4.39 Å². The van der Waals surface area contributed by atoms with Crippen LogP contribution in [-0.4, -0.2) is 16.4 Å². The molecule has 35 heavy (non-hydrogen) atoms. The molecule has 0 atom stereocenters. The molecule has 8 heteroatoms. The molecule has 0 radical (unpaired) electrons. The highest BCUT2D eigenvalue weighted by Gasteiger charge is 2.27. The first-order valence-corrected chi connectivity index (χ1v) is 11.7. The van der Waals surface area contributed by atoms with Gasteiger partial charge in [-0.2, -0.15) is 0 Å². The van der Waals surface area contributed by atoms with Crippen molar-refractivity contribution in [3.8, 4) is 0 Å². The van der Waals surface area contributed by atoms with E-state index < -0.39 is 11.7 Å². The van der Waals surface area contributed by atoms with Gasteiger partial charge < -0.3 is 14.8 Å². The fourth-order valence-electron chi connectivity index (χ4n) is 4.27. The summed E-state index contributed by atoms with van der Waals surface area (Å²) in [5, 5.41) is 2.73. The van der Waals surface area contributed by atoms with Crippen LogP contribution in [-0.2, 0) is 13.1 Å². The predicted octanol–water partition coefficient (Wildman–Crippen LogP) is 6.70. The zero-order valence-electron chi connectivity index (χ0n) is 18.7. The average Bonchev–Trinajstić information content (AvgIpc) is 3.22. The molecule has 0 saturated carbocycles. The summed E-state index contributed by atoms with van der Waals surface area (Å²) >= 11 is 13.0. The number of nitrogens with one attached hydrogen (secondary N) is 1. The van der Waals surface area contributed by atoms with E-state index in [1.54, 1.807) is 4.90 Å². The van der Waals surface area contributed by atoms with E-state index in [1.807, 2.05) is 42.6 Å². The normalized spacial score (nSPS) is 12.5. The van der Waals surface area contributed by atoms with E-state index in [0.717, 1.165) is 16.9 Å². The molecule has 3 aromatic carbocycles. The highest BCUT2D eigenvalue weighted by molar-refractivity contribution is 6.46. The fourth-order valence-corrected chi connectivity index (χ4v) is 4.72. The summed E-state index contributed by atoms with van der Waals surface area (Å²) in [5.74, 6) is -1.31. The predicted molar refractivity (Wildman–Crippen MR) is 136 cm³/mol. The Bertz CT molecular complexity index is 1480. The molecule has 4 aromatic rings. The zero-order chi connectivity index (χ0) is 24.7. The van der Waals surface area contributed by atoms with Crippen molar-refractivity contribution in [2.75, 3.05) is 10.2 Å². The average molecular weight is 508 g/mol. The van der Waals surface area contributed by atoms with Gasteiger partial charge in [0.25, 0.3) is 11.8 Å². The van der Waals surface area contributed by atoms with Crippen LogP contribution in [0.3, 0.4) is 0 Å². The second kappa shape index (κ2) is 9.21. The van der Waals surface area contributed by atoms with E-state index >= 15 is 0 Å². The first-order valence-electron chi connectivity index (χ1n) is 10.9. The largest absolute Gasteiger partial charge is 0.345 e. The van der Waals surface area contributed by atoms with Crippen LogP contribution in [0.1, 0.15) is 37.5 Å². The molecule has 176 valence electrons. The quantitative estimate of drug-likeness (QED) is 0.335. The molecular formula is C27H20Cl2FN3O2. The van der Waals surface area contributed by atoms with Crippen LogP contribution >= 0.6 is 23.2 Å². The number of benzene rings is 3. The second-order valence-electron chi connectivity index (χ2n) is 8.30. The Hall–Kier alpha value is -3.61. The minimum absolute atomic E-state index is 0.0301. The Kier molecular flexibility index (Phi) is 6.09. The third-order valence-electron chi connectivity index (χ3n) is 6.19. The minimum atomic E-state index is -0.527. The summed E-state index contributed by atoms with van der Waals surface area (Å²) < 4.78 is 16.0. The van der Waals surface area contributed by atoms with Gasteiger partial charge in [-0.1, -0.05) is 47.5 Å². The van der Waals surface area contributed by atoms with E-state index in [-0.39, 0.29) is 38.3 Å². The van der Waals surface area contributed by atoms with Crippen LogP contribution < -0.4 is 10.2 Å². The van der Waals surface area contributed by atoms with Crippen molar-refractivity contribution in [3.63, 3.8) is 0 Å². The molecule has 5 nitrogen and oxygen atoms in total. The van der Waals surface area contributed by atoms with Crippen molar-refractivity contribution in [2.24, 2.45) is 0 Å². The summed E-state index contributed by atoms with van der Waals surface area (Å²) in [4.78, 5) is 28.1. The summed E-state index contributed by atoms with van der Waals surface area (Å²) in [7, 11) is 0. The molecule has 0 unspecified atom stereocenters. The number of hydrogen-bond donors (Lipinski definition) is 1. The maximum Gasteiger partial charge on any atom is 0.260 e. The van der Waals surface area contributed by atoms with Gasteiger partial charge >= 0.3 is 0 Å². The molecule has 1 aliphatic rings. The standard InChI is InChI=1S/C27H20Cl2FN3O2/c1-16-19(8-4-9-21(16)30)26(34)31-22-12-11-20(24(28)25(22)29)27(35)33-15-18-7-5-13-32(18)14-17-6-2-3-10-23(17)33/h2-13H,14-15H2,1H3,(H,31,34). The van der Waals surface area contributed by atoms with Crippen LogP contribution in [0.2, 0.25) is 10.0 Å². The Morgan fingerprint density at radius 3 is 2.51 bits per heavy atom. The number of amides is 2. The lowest BCUT2D eigenvalue weighted by atomic mass is 10.1. The Balaban J connectivity index is 1.47. The highest BCUT2D eigenvalue weighted by Crippen LogP contribution is 2.36. The van der Waals surface area contributed by atoms with E-state index in [4.69, 9.17) is 23.2 Å². The molecule has 1 aliphatic heterocycles. The first-order chi connectivity index (χ1) is 16.8. The van der Waals surface area contributed by atoms with Gasteiger partial charge in [-0.3, -0.25) is 9.59 Å². The molecule has 5 rings (SSSR count). The van der Waals surface area contributed by atoms with Gasteiger partial charge in [0.15, 0.2) is 0 Å². The maximum atomic E-state index is 13.9. The number of fused-ring (bicyclic) bond motifs is 2. The third-order valence-corrected chi connectivity index (χ3v) is 7.07.